The number of carbonyl (C=O) groups excluding carboxylic acids is 1. The average Bonchev–Trinajstić information content (AvgIpc) is 3.11. The van der Waals surface area contributed by atoms with E-state index in [2.05, 4.69) is 5.32 Å². The van der Waals surface area contributed by atoms with Crippen molar-refractivity contribution in [3.63, 3.8) is 0 Å². The van der Waals surface area contributed by atoms with E-state index in [1.165, 1.54) is 19.3 Å². The number of ether oxygens (including phenoxy) is 3. The minimum atomic E-state index is 0. The van der Waals surface area contributed by atoms with Crippen LogP contribution in [0.3, 0.4) is 0 Å². The van der Waals surface area contributed by atoms with E-state index in [1.54, 1.807) is 7.11 Å². The van der Waals surface area contributed by atoms with Crippen LogP contribution in [0.25, 0.3) is 0 Å². The van der Waals surface area contributed by atoms with Gasteiger partial charge in [0, 0.05) is 26.2 Å². The molecule has 2 aliphatic rings. The van der Waals surface area contributed by atoms with Crippen LogP contribution in [-0.2, 0) is 16.1 Å². The third kappa shape index (κ3) is 5.50. The Labute approximate surface area is 161 Å². The maximum absolute atomic E-state index is 12.8. The molecule has 0 aromatic heterocycles. The van der Waals surface area contributed by atoms with Crippen molar-refractivity contribution in [2.45, 2.75) is 44.7 Å². The number of halogens is 1. The molecule has 1 amide bonds. The highest BCUT2D eigenvalue weighted by Crippen LogP contribution is 2.33. The molecule has 6 nitrogen and oxygen atoms in total. The second kappa shape index (κ2) is 10.6. The molecular weight excluding hydrogens is 356 g/mol. The smallest absolute Gasteiger partial charge is 0.237 e. The average molecular weight is 385 g/mol. The van der Waals surface area contributed by atoms with Crippen LogP contribution in [-0.4, -0.2) is 50.4 Å². The molecule has 1 aromatic carbocycles. The Morgan fingerprint density at radius 1 is 1.23 bits per heavy atom. The second-order valence-electron chi connectivity index (χ2n) is 6.67. The van der Waals surface area contributed by atoms with Crippen LogP contribution in [0.1, 0.15) is 37.7 Å². The van der Waals surface area contributed by atoms with Crippen molar-refractivity contribution < 1.29 is 19.0 Å². The summed E-state index contributed by atoms with van der Waals surface area (Å²) in [4.78, 5) is 14.8. The number of fused-ring (bicyclic) bond motifs is 1. The molecular formula is C19H29ClN2O4. The summed E-state index contributed by atoms with van der Waals surface area (Å²) in [6.45, 7) is 2.54. The largest absolute Gasteiger partial charge is 0.454 e. The van der Waals surface area contributed by atoms with Crippen LogP contribution in [0.5, 0.6) is 11.5 Å². The lowest BCUT2D eigenvalue weighted by Gasteiger charge is -2.34. The molecule has 3 rings (SSSR count). The molecule has 1 aromatic rings. The fourth-order valence-electron chi connectivity index (χ4n) is 3.52. The van der Waals surface area contributed by atoms with Gasteiger partial charge >= 0.3 is 0 Å². The van der Waals surface area contributed by atoms with E-state index in [4.69, 9.17) is 14.2 Å². The van der Waals surface area contributed by atoms with E-state index in [0.717, 1.165) is 29.9 Å². The quantitative estimate of drug-likeness (QED) is 0.698. The summed E-state index contributed by atoms with van der Waals surface area (Å²) in [6, 6.07) is 6.27. The van der Waals surface area contributed by atoms with Crippen LogP contribution in [0.2, 0.25) is 0 Å². The van der Waals surface area contributed by atoms with Crippen molar-refractivity contribution in [2.24, 2.45) is 0 Å². The van der Waals surface area contributed by atoms with E-state index < -0.39 is 0 Å². The molecule has 0 radical (unpaired) electrons. The summed E-state index contributed by atoms with van der Waals surface area (Å²) in [6.07, 6.45) is 5.86. The highest BCUT2D eigenvalue weighted by Gasteiger charge is 2.26. The lowest BCUT2D eigenvalue weighted by Crippen LogP contribution is -2.45. The second-order valence-corrected chi connectivity index (χ2v) is 6.67. The lowest BCUT2D eigenvalue weighted by atomic mass is 9.93. The Hall–Kier alpha value is -1.50. The maximum atomic E-state index is 12.8. The van der Waals surface area contributed by atoms with Gasteiger partial charge in [0.15, 0.2) is 11.5 Å². The van der Waals surface area contributed by atoms with Crippen LogP contribution >= 0.6 is 12.4 Å². The van der Waals surface area contributed by atoms with Gasteiger partial charge in [0.2, 0.25) is 12.7 Å². The van der Waals surface area contributed by atoms with E-state index in [9.17, 15) is 4.79 Å². The molecule has 0 unspecified atom stereocenters. The molecule has 0 spiro atoms. The summed E-state index contributed by atoms with van der Waals surface area (Å²) >= 11 is 0. The van der Waals surface area contributed by atoms with Gasteiger partial charge < -0.3 is 24.4 Å². The first kappa shape index (κ1) is 20.8. The Morgan fingerprint density at radius 3 is 2.77 bits per heavy atom. The van der Waals surface area contributed by atoms with E-state index in [1.807, 2.05) is 23.1 Å². The van der Waals surface area contributed by atoms with Crippen molar-refractivity contribution >= 4 is 18.3 Å². The van der Waals surface area contributed by atoms with Crippen molar-refractivity contribution in [1.82, 2.24) is 10.2 Å². The number of rotatable bonds is 8. The number of amides is 1. The van der Waals surface area contributed by atoms with E-state index in [-0.39, 0.29) is 25.1 Å². The number of nitrogens with one attached hydrogen (secondary N) is 1. The van der Waals surface area contributed by atoms with Crippen LogP contribution in [0.15, 0.2) is 18.2 Å². The van der Waals surface area contributed by atoms with Crippen LogP contribution in [0.4, 0.5) is 0 Å². The monoisotopic (exact) mass is 384 g/mol. The van der Waals surface area contributed by atoms with E-state index >= 15 is 0 Å². The molecule has 1 N–H and O–H groups in total. The molecule has 26 heavy (non-hydrogen) atoms. The molecule has 1 saturated carbocycles. The minimum absolute atomic E-state index is 0. The van der Waals surface area contributed by atoms with Crippen LogP contribution in [0, 0.1) is 0 Å². The molecule has 1 heterocycles. The van der Waals surface area contributed by atoms with Crippen LogP contribution < -0.4 is 14.8 Å². The number of hydrogen-bond acceptors (Lipinski definition) is 5. The number of benzene rings is 1. The van der Waals surface area contributed by atoms with E-state index in [0.29, 0.717) is 32.3 Å². The molecule has 0 atom stereocenters. The first-order chi connectivity index (χ1) is 12.3. The zero-order valence-electron chi connectivity index (χ0n) is 15.4. The topological polar surface area (TPSA) is 60.0 Å². The van der Waals surface area contributed by atoms with Gasteiger partial charge in [-0.05, 0) is 30.5 Å². The minimum Gasteiger partial charge on any atom is -0.454 e. The first-order valence-electron chi connectivity index (χ1n) is 9.15. The van der Waals surface area contributed by atoms with Crippen molar-refractivity contribution in [1.29, 1.82) is 0 Å². The number of hydrogen-bond donors (Lipinski definition) is 1. The summed E-state index contributed by atoms with van der Waals surface area (Å²) in [5, 5.41) is 3.17. The molecule has 1 aliphatic carbocycles. The number of methoxy groups -OCH3 is 1. The SMILES string of the molecule is COCCNCC(=O)N(Cc1ccc2c(c1)OCO2)C1CCCCC1.Cl. The zero-order valence-corrected chi connectivity index (χ0v) is 16.2. The first-order valence-corrected chi connectivity index (χ1v) is 9.15. The molecule has 7 heteroatoms. The predicted molar refractivity (Wildman–Crippen MR) is 102 cm³/mol. The molecule has 0 saturated heterocycles. The Kier molecular flexibility index (Phi) is 8.48. The Morgan fingerprint density at radius 2 is 2.00 bits per heavy atom. The van der Waals surface area contributed by atoms with Gasteiger partial charge in [-0.3, -0.25) is 4.79 Å². The predicted octanol–water partition coefficient (Wildman–Crippen LogP) is 2.73. The Balaban J connectivity index is 0.00000243. The van der Waals surface area contributed by atoms with Gasteiger partial charge in [-0.15, -0.1) is 12.4 Å². The standard InChI is InChI=1S/C19H28N2O4.ClH/c1-23-10-9-20-12-19(22)21(16-5-3-2-4-6-16)13-15-7-8-17-18(11-15)25-14-24-17;/h7-8,11,16,20H,2-6,9-10,12-14H2,1H3;1H. The third-order valence-electron chi connectivity index (χ3n) is 4.88. The fraction of sp³-hybridized carbons (Fsp3) is 0.632. The number of nitrogens with zero attached hydrogens (tertiary/aromatic N) is 1. The third-order valence-corrected chi connectivity index (χ3v) is 4.88. The normalized spacial score (nSPS) is 16.2. The Bertz CT molecular complexity index is 579. The van der Waals surface area contributed by atoms with Crippen molar-refractivity contribution in [3.8, 4) is 11.5 Å². The lowest BCUT2D eigenvalue weighted by molar-refractivity contribution is -0.134. The highest BCUT2D eigenvalue weighted by molar-refractivity contribution is 5.85. The summed E-state index contributed by atoms with van der Waals surface area (Å²) in [5.41, 5.74) is 1.08. The number of carbonyl (C=O) groups is 1. The van der Waals surface area contributed by atoms with Gasteiger partial charge in [0.25, 0.3) is 0 Å². The summed E-state index contributed by atoms with van der Waals surface area (Å²) in [5.74, 6) is 1.70. The fourth-order valence-corrected chi connectivity index (χ4v) is 3.52. The van der Waals surface area contributed by atoms with Crippen molar-refractivity contribution in [2.75, 3.05) is 33.6 Å². The molecule has 146 valence electrons. The maximum Gasteiger partial charge on any atom is 0.237 e. The van der Waals surface area contributed by atoms with Gasteiger partial charge in [-0.1, -0.05) is 25.3 Å². The van der Waals surface area contributed by atoms with Gasteiger partial charge in [0.1, 0.15) is 0 Å². The molecule has 1 fully saturated rings. The van der Waals surface area contributed by atoms with Gasteiger partial charge in [0.05, 0.1) is 13.2 Å². The molecule has 1 aliphatic heterocycles. The highest BCUT2D eigenvalue weighted by atomic mass is 35.5. The summed E-state index contributed by atoms with van der Waals surface area (Å²) in [7, 11) is 1.66. The van der Waals surface area contributed by atoms with Gasteiger partial charge in [-0.2, -0.15) is 0 Å². The summed E-state index contributed by atoms with van der Waals surface area (Å²) < 4.78 is 15.9. The van der Waals surface area contributed by atoms with Gasteiger partial charge in [-0.25, -0.2) is 0 Å². The van der Waals surface area contributed by atoms with Crippen molar-refractivity contribution in [3.05, 3.63) is 23.8 Å². The zero-order chi connectivity index (χ0) is 17.5. The molecule has 0 bridgehead atoms.